The van der Waals surface area contributed by atoms with Gasteiger partial charge in [0.2, 0.25) is 5.91 Å². The van der Waals surface area contributed by atoms with Gasteiger partial charge in [0.05, 0.1) is 5.56 Å². The minimum Gasteiger partial charge on any atom is -0.478 e. The normalized spacial score (nSPS) is 18.4. The molecule has 1 amide bonds. The van der Waals surface area contributed by atoms with Gasteiger partial charge >= 0.3 is 5.97 Å². The maximum Gasteiger partial charge on any atom is 0.335 e. The smallest absolute Gasteiger partial charge is 0.335 e. The van der Waals surface area contributed by atoms with E-state index in [1.165, 1.54) is 12.1 Å². The van der Waals surface area contributed by atoms with Crippen molar-refractivity contribution in [3.63, 3.8) is 0 Å². The highest BCUT2D eigenvalue weighted by Gasteiger charge is 2.20. The Hall–Kier alpha value is -1.95. The number of rotatable bonds is 5. The van der Waals surface area contributed by atoms with Gasteiger partial charge in [-0.15, -0.1) is 0 Å². The average molecular weight is 266 g/mol. The lowest BCUT2D eigenvalue weighted by Gasteiger charge is -2.12. The highest BCUT2D eigenvalue weighted by molar-refractivity contribution is 5.87. The summed E-state index contributed by atoms with van der Waals surface area (Å²) in [6.07, 6.45) is 1.29. The van der Waals surface area contributed by atoms with Crippen molar-refractivity contribution in [3.05, 3.63) is 35.1 Å². The standard InChI is InChI=1S/C13H15FN2O3/c14-11-3-1-8(13(18)19)5-9(11)6-15-7-10-2-4-12(17)16-10/h1,3,5,10,15H,2,4,6-7H2,(H,16,17)(H,18,19). The minimum atomic E-state index is -1.08. The first-order valence-electron chi connectivity index (χ1n) is 6.08. The first-order chi connectivity index (χ1) is 9.06. The summed E-state index contributed by atoms with van der Waals surface area (Å²) in [6, 6.07) is 3.77. The molecule has 1 aliphatic heterocycles. The van der Waals surface area contributed by atoms with Gasteiger partial charge in [-0.1, -0.05) is 0 Å². The Morgan fingerprint density at radius 2 is 2.32 bits per heavy atom. The van der Waals surface area contributed by atoms with Crippen molar-refractivity contribution in [1.82, 2.24) is 10.6 Å². The number of hydrogen-bond donors (Lipinski definition) is 3. The zero-order valence-electron chi connectivity index (χ0n) is 10.3. The molecule has 1 heterocycles. The predicted octanol–water partition coefficient (Wildman–Crippen LogP) is 0.892. The molecule has 3 N–H and O–H groups in total. The van der Waals surface area contributed by atoms with Gasteiger partial charge in [0, 0.05) is 31.1 Å². The van der Waals surface area contributed by atoms with Crippen LogP contribution < -0.4 is 10.6 Å². The molecule has 1 saturated heterocycles. The topological polar surface area (TPSA) is 78.4 Å². The maximum atomic E-state index is 13.5. The summed E-state index contributed by atoms with van der Waals surface area (Å²) in [5.74, 6) is -1.48. The summed E-state index contributed by atoms with van der Waals surface area (Å²) in [7, 11) is 0. The predicted molar refractivity (Wildman–Crippen MR) is 66.2 cm³/mol. The van der Waals surface area contributed by atoms with Gasteiger partial charge in [0.25, 0.3) is 0 Å². The lowest BCUT2D eigenvalue weighted by Crippen LogP contribution is -2.35. The van der Waals surface area contributed by atoms with E-state index in [1.807, 2.05) is 0 Å². The number of carbonyl (C=O) groups excluding carboxylic acids is 1. The summed E-state index contributed by atoms with van der Waals surface area (Å²) in [5.41, 5.74) is 0.372. The molecule has 0 aliphatic carbocycles. The molecule has 0 aromatic heterocycles. The van der Waals surface area contributed by atoms with Crippen LogP contribution in [0.15, 0.2) is 18.2 Å². The van der Waals surface area contributed by atoms with Gasteiger partial charge in [-0.25, -0.2) is 9.18 Å². The van der Waals surface area contributed by atoms with Crippen LogP contribution in [0.25, 0.3) is 0 Å². The van der Waals surface area contributed by atoms with Crippen molar-refractivity contribution in [2.45, 2.75) is 25.4 Å². The second-order valence-electron chi connectivity index (χ2n) is 4.55. The number of carboxylic acids is 1. The highest BCUT2D eigenvalue weighted by Crippen LogP contribution is 2.11. The molecule has 0 bridgehead atoms. The van der Waals surface area contributed by atoms with Crippen LogP contribution in [-0.4, -0.2) is 29.6 Å². The third-order valence-corrected chi connectivity index (χ3v) is 3.08. The number of amides is 1. The first-order valence-corrected chi connectivity index (χ1v) is 6.08. The van der Waals surface area contributed by atoms with Gasteiger partial charge < -0.3 is 15.7 Å². The molecule has 0 saturated carbocycles. The van der Waals surface area contributed by atoms with Crippen LogP contribution in [0.3, 0.4) is 0 Å². The number of carboxylic acid groups (broad SMARTS) is 1. The van der Waals surface area contributed by atoms with Crippen LogP contribution in [0.2, 0.25) is 0 Å². The van der Waals surface area contributed by atoms with E-state index in [9.17, 15) is 14.0 Å². The largest absolute Gasteiger partial charge is 0.478 e. The fourth-order valence-corrected chi connectivity index (χ4v) is 2.05. The van der Waals surface area contributed by atoms with Crippen molar-refractivity contribution in [2.75, 3.05) is 6.54 Å². The third kappa shape index (κ3) is 3.51. The van der Waals surface area contributed by atoms with Gasteiger partial charge in [0.15, 0.2) is 0 Å². The van der Waals surface area contributed by atoms with Crippen LogP contribution >= 0.6 is 0 Å². The van der Waals surface area contributed by atoms with Crippen molar-refractivity contribution in [2.24, 2.45) is 0 Å². The Bertz CT molecular complexity index is 505. The lowest BCUT2D eigenvalue weighted by molar-refractivity contribution is -0.119. The molecule has 19 heavy (non-hydrogen) atoms. The van der Waals surface area contributed by atoms with Gasteiger partial charge in [0.1, 0.15) is 5.82 Å². The van der Waals surface area contributed by atoms with Gasteiger partial charge in [-0.2, -0.15) is 0 Å². The highest BCUT2D eigenvalue weighted by atomic mass is 19.1. The number of benzene rings is 1. The quantitative estimate of drug-likeness (QED) is 0.739. The van der Waals surface area contributed by atoms with Crippen LogP contribution in [0.1, 0.15) is 28.8 Å². The molecule has 102 valence electrons. The van der Waals surface area contributed by atoms with Crippen LogP contribution in [-0.2, 0) is 11.3 Å². The molecule has 1 atom stereocenters. The molecule has 1 unspecified atom stereocenters. The fourth-order valence-electron chi connectivity index (χ4n) is 2.05. The van der Waals surface area contributed by atoms with E-state index in [4.69, 9.17) is 5.11 Å². The number of hydrogen-bond acceptors (Lipinski definition) is 3. The maximum absolute atomic E-state index is 13.5. The summed E-state index contributed by atoms with van der Waals surface area (Å²) in [4.78, 5) is 21.8. The molecule has 0 radical (unpaired) electrons. The molecule has 1 aromatic rings. The molecule has 0 spiro atoms. The summed E-state index contributed by atoms with van der Waals surface area (Å²) >= 11 is 0. The SMILES string of the molecule is O=C1CCC(CNCc2cc(C(=O)O)ccc2F)N1. The summed E-state index contributed by atoms with van der Waals surface area (Å²) in [5, 5.41) is 14.7. The van der Waals surface area contributed by atoms with Gasteiger partial charge in [-0.3, -0.25) is 4.79 Å². The first kappa shape index (κ1) is 13.5. The number of halogens is 1. The fraction of sp³-hybridized carbons (Fsp3) is 0.385. The lowest BCUT2D eigenvalue weighted by atomic mass is 10.1. The van der Waals surface area contributed by atoms with Crippen molar-refractivity contribution in [1.29, 1.82) is 0 Å². The van der Waals surface area contributed by atoms with E-state index in [2.05, 4.69) is 10.6 Å². The van der Waals surface area contributed by atoms with Crippen LogP contribution in [0.5, 0.6) is 0 Å². The summed E-state index contributed by atoms with van der Waals surface area (Å²) in [6.45, 7) is 0.780. The Balaban J connectivity index is 1.90. The summed E-state index contributed by atoms with van der Waals surface area (Å²) < 4.78 is 13.5. The Morgan fingerprint density at radius 3 is 2.95 bits per heavy atom. The van der Waals surface area contributed by atoms with Crippen molar-refractivity contribution < 1.29 is 19.1 Å². The third-order valence-electron chi connectivity index (χ3n) is 3.08. The molecule has 5 nitrogen and oxygen atoms in total. The van der Waals surface area contributed by atoms with E-state index < -0.39 is 11.8 Å². The molecule has 1 aromatic carbocycles. The van der Waals surface area contributed by atoms with Crippen LogP contribution in [0, 0.1) is 5.82 Å². The average Bonchev–Trinajstić information content (AvgIpc) is 2.77. The Kier molecular flexibility index (Phi) is 4.11. The molecule has 2 rings (SSSR count). The van der Waals surface area contributed by atoms with E-state index in [-0.39, 0.29) is 24.1 Å². The molecule has 1 fully saturated rings. The molecular weight excluding hydrogens is 251 g/mol. The van der Waals surface area contributed by atoms with E-state index >= 15 is 0 Å². The van der Waals surface area contributed by atoms with E-state index in [0.29, 0.717) is 18.5 Å². The number of aromatic carboxylic acids is 1. The molecule has 6 heteroatoms. The molecular formula is C13H15FN2O3. The molecule has 1 aliphatic rings. The number of nitrogens with one attached hydrogen (secondary N) is 2. The number of carbonyl (C=O) groups is 2. The second kappa shape index (κ2) is 5.79. The monoisotopic (exact) mass is 266 g/mol. The Morgan fingerprint density at radius 1 is 1.53 bits per heavy atom. The van der Waals surface area contributed by atoms with Crippen molar-refractivity contribution in [3.8, 4) is 0 Å². The minimum absolute atomic E-state index is 0.0332. The zero-order valence-corrected chi connectivity index (χ0v) is 10.3. The zero-order chi connectivity index (χ0) is 13.8. The van der Waals surface area contributed by atoms with E-state index in [0.717, 1.165) is 12.5 Å². The van der Waals surface area contributed by atoms with Crippen LogP contribution in [0.4, 0.5) is 4.39 Å². The van der Waals surface area contributed by atoms with Gasteiger partial charge in [-0.05, 0) is 24.6 Å². The Labute approximate surface area is 109 Å². The van der Waals surface area contributed by atoms with E-state index in [1.54, 1.807) is 0 Å². The van der Waals surface area contributed by atoms with Crippen molar-refractivity contribution >= 4 is 11.9 Å². The second-order valence-corrected chi connectivity index (χ2v) is 4.55.